The Morgan fingerprint density at radius 3 is 2.57 bits per heavy atom. The van der Waals surface area contributed by atoms with Gasteiger partial charge in [-0.25, -0.2) is 9.78 Å². The summed E-state index contributed by atoms with van der Waals surface area (Å²) in [5.41, 5.74) is 1.83. The molecule has 0 unspecified atom stereocenters. The molecular weight excluding hydrogens is 398 g/mol. The third kappa shape index (κ3) is 5.55. The van der Waals surface area contributed by atoms with Crippen LogP contribution in [-0.2, 0) is 16.1 Å². The van der Waals surface area contributed by atoms with Gasteiger partial charge in [-0.3, -0.25) is 4.79 Å². The number of ether oxygens (including phenoxy) is 1. The summed E-state index contributed by atoms with van der Waals surface area (Å²) in [6.45, 7) is 2.10. The minimum Gasteiger partial charge on any atom is -0.448 e. The lowest BCUT2D eigenvalue weighted by Crippen LogP contribution is -2.30. The molecule has 144 valence electrons. The lowest BCUT2D eigenvalue weighted by molar-refractivity contribution is -0.123. The lowest BCUT2D eigenvalue weighted by Gasteiger charge is -2.12. The highest BCUT2D eigenvalue weighted by Crippen LogP contribution is 2.18. The molecule has 2 aromatic carbocycles. The van der Waals surface area contributed by atoms with E-state index in [9.17, 15) is 9.59 Å². The van der Waals surface area contributed by atoms with Gasteiger partial charge in [-0.2, -0.15) is 0 Å². The van der Waals surface area contributed by atoms with Gasteiger partial charge in [-0.1, -0.05) is 41.9 Å². The van der Waals surface area contributed by atoms with Crippen molar-refractivity contribution >= 4 is 45.6 Å². The number of carbonyl (C=O) groups is 2. The van der Waals surface area contributed by atoms with Crippen LogP contribution in [0.4, 0.5) is 10.8 Å². The van der Waals surface area contributed by atoms with E-state index in [1.165, 1.54) is 18.3 Å². The number of thiazole rings is 1. The normalized spacial score (nSPS) is 11.5. The molecule has 0 saturated carbocycles. The van der Waals surface area contributed by atoms with Gasteiger partial charge in [0.05, 0.1) is 0 Å². The molecule has 1 aromatic heterocycles. The number of esters is 1. The number of nitrogens with zero attached hydrogens (tertiary/aromatic N) is 1. The summed E-state index contributed by atoms with van der Waals surface area (Å²) in [5, 5.41) is 8.59. The summed E-state index contributed by atoms with van der Waals surface area (Å²) >= 11 is 7.11. The molecule has 0 fully saturated rings. The number of anilines is 2. The lowest BCUT2D eigenvalue weighted by atomic mass is 10.2. The minimum atomic E-state index is -0.967. The fraction of sp³-hybridized carbons (Fsp3) is 0.150. The maximum absolute atomic E-state index is 12.2. The standard InChI is InChI=1S/C20H18ClN3O3S/c1-13(18(25)23-16-9-7-15(21)8-10-16)27-19(26)17-12-28-20(24-17)22-11-14-5-3-2-4-6-14/h2-10,12-13H,11H2,1H3,(H,22,24)(H,23,25)/t13-/m1/s1. The molecule has 1 atom stereocenters. The smallest absolute Gasteiger partial charge is 0.358 e. The van der Waals surface area contributed by atoms with E-state index >= 15 is 0 Å². The number of benzene rings is 2. The monoisotopic (exact) mass is 415 g/mol. The van der Waals surface area contributed by atoms with E-state index in [2.05, 4.69) is 15.6 Å². The molecule has 6 nitrogen and oxygen atoms in total. The van der Waals surface area contributed by atoms with Crippen LogP contribution < -0.4 is 10.6 Å². The van der Waals surface area contributed by atoms with Gasteiger partial charge in [0.1, 0.15) is 0 Å². The molecule has 1 heterocycles. The number of halogens is 1. The number of hydrogen-bond acceptors (Lipinski definition) is 6. The average Bonchev–Trinajstić information content (AvgIpc) is 3.18. The van der Waals surface area contributed by atoms with Crippen molar-refractivity contribution in [3.8, 4) is 0 Å². The molecule has 28 heavy (non-hydrogen) atoms. The Hall–Kier alpha value is -2.90. The van der Waals surface area contributed by atoms with Crippen molar-refractivity contribution in [2.75, 3.05) is 10.6 Å². The van der Waals surface area contributed by atoms with Gasteiger partial charge in [-0.05, 0) is 36.8 Å². The van der Waals surface area contributed by atoms with Gasteiger partial charge in [0.15, 0.2) is 16.9 Å². The van der Waals surface area contributed by atoms with Crippen LogP contribution >= 0.6 is 22.9 Å². The van der Waals surface area contributed by atoms with Crippen molar-refractivity contribution in [1.29, 1.82) is 0 Å². The van der Waals surface area contributed by atoms with E-state index in [4.69, 9.17) is 16.3 Å². The van der Waals surface area contributed by atoms with E-state index in [-0.39, 0.29) is 5.69 Å². The predicted octanol–water partition coefficient (Wildman–Crippen LogP) is 4.59. The predicted molar refractivity (Wildman–Crippen MR) is 111 cm³/mol. The molecule has 8 heteroatoms. The second-order valence-electron chi connectivity index (χ2n) is 5.92. The van der Waals surface area contributed by atoms with Gasteiger partial charge in [0.25, 0.3) is 5.91 Å². The molecule has 1 amide bonds. The second kappa shape index (κ2) is 9.34. The van der Waals surface area contributed by atoms with Crippen LogP contribution in [0.15, 0.2) is 60.0 Å². The molecule has 2 N–H and O–H groups in total. The van der Waals surface area contributed by atoms with Crippen LogP contribution in [0.2, 0.25) is 5.02 Å². The highest BCUT2D eigenvalue weighted by atomic mass is 35.5. The summed E-state index contributed by atoms with van der Waals surface area (Å²) in [5.74, 6) is -1.09. The van der Waals surface area contributed by atoms with E-state index in [1.807, 2.05) is 30.3 Å². The van der Waals surface area contributed by atoms with E-state index in [1.54, 1.807) is 29.6 Å². The Labute approximate surface area is 171 Å². The minimum absolute atomic E-state index is 0.159. The van der Waals surface area contributed by atoms with Crippen molar-refractivity contribution in [3.63, 3.8) is 0 Å². The van der Waals surface area contributed by atoms with Crippen LogP contribution in [0, 0.1) is 0 Å². The molecule has 0 spiro atoms. The van der Waals surface area contributed by atoms with E-state index in [0.29, 0.717) is 22.4 Å². The molecule has 0 aliphatic carbocycles. The zero-order chi connectivity index (χ0) is 19.9. The summed E-state index contributed by atoms with van der Waals surface area (Å²) in [7, 11) is 0. The summed E-state index contributed by atoms with van der Waals surface area (Å²) in [4.78, 5) is 28.6. The first-order chi connectivity index (χ1) is 13.5. The topological polar surface area (TPSA) is 80.3 Å². The Bertz CT molecular complexity index is 945. The first-order valence-corrected chi connectivity index (χ1v) is 9.78. The number of rotatable bonds is 7. The van der Waals surface area contributed by atoms with Crippen LogP contribution in [0.1, 0.15) is 23.0 Å². The van der Waals surface area contributed by atoms with Gasteiger partial charge in [-0.15, -0.1) is 11.3 Å². The van der Waals surface area contributed by atoms with Crippen molar-refractivity contribution in [1.82, 2.24) is 4.98 Å². The Morgan fingerprint density at radius 1 is 1.14 bits per heavy atom. The first kappa shape index (κ1) is 19.9. The molecule has 0 saturated heterocycles. The summed E-state index contributed by atoms with van der Waals surface area (Å²) in [6.07, 6.45) is -0.967. The van der Waals surface area contributed by atoms with Gasteiger partial charge >= 0.3 is 5.97 Å². The average molecular weight is 416 g/mol. The molecular formula is C20H18ClN3O3S. The van der Waals surface area contributed by atoms with Crippen LogP contribution in [0.3, 0.4) is 0 Å². The maximum atomic E-state index is 12.2. The Morgan fingerprint density at radius 2 is 1.86 bits per heavy atom. The highest BCUT2D eigenvalue weighted by molar-refractivity contribution is 7.13. The fourth-order valence-corrected chi connectivity index (χ4v) is 3.08. The molecule has 0 bridgehead atoms. The summed E-state index contributed by atoms with van der Waals surface area (Å²) < 4.78 is 5.21. The molecule has 0 aliphatic rings. The zero-order valence-electron chi connectivity index (χ0n) is 15.0. The molecule has 0 aliphatic heterocycles. The quantitative estimate of drug-likeness (QED) is 0.551. The van der Waals surface area contributed by atoms with E-state index in [0.717, 1.165) is 5.56 Å². The van der Waals surface area contributed by atoms with Crippen molar-refractivity contribution in [2.24, 2.45) is 0 Å². The van der Waals surface area contributed by atoms with Gasteiger partial charge in [0, 0.05) is 22.6 Å². The molecule has 0 radical (unpaired) electrons. The first-order valence-electron chi connectivity index (χ1n) is 8.52. The molecule has 3 rings (SSSR count). The Balaban J connectivity index is 1.51. The number of hydrogen-bond donors (Lipinski definition) is 2. The summed E-state index contributed by atoms with van der Waals surface area (Å²) in [6, 6.07) is 16.5. The highest BCUT2D eigenvalue weighted by Gasteiger charge is 2.21. The third-order valence-corrected chi connectivity index (χ3v) is 4.82. The maximum Gasteiger partial charge on any atom is 0.358 e. The van der Waals surface area contributed by atoms with Crippen LogP contribution in [-0.4, -0.2) is 23.0 Å². The van der Waals surface area contributed by atoms with Crippen LogP contribution in [0.25, 0.3) is 0 Å². The molecule has 3 aromatic rings. The SMILES string of the molecule is C[C@@H](OC(=O)c1csc(NCc2ccccc2)n1)C(=O)Nc1ccc(Cl)cc1. The van der Waals surface area contributed by atoms with Gasteiger partial charge in [0.2, 0.25) is 0 Å². The van der Waals surface area contributed by atoms with Crippen molar-refractivity contribution in [3.05, 3.63) is 76.3 Å². The largest absolute Gasteiger partial charge is 0.448 e. The zero-order valence-corrected chi connectivity index (χ0v) is 16.6. The second-order valence-corrected chi connectivity index (χ2v) is 7.22. The van der Waals surface area contributed by atoms with Crippen LogP contribution in [0.5, 0.6) is 0 Å². The number of amides is 1. The van der Waals surface area contributed by atoms with Gasteiger partial charge < -0.3 is 15.4 Å². The number of carbonyl (C=O) groups excluding carboxylic acids is 2. The number of aromatic nitrogens is 1. The van der Waals surface area contributed by atoms with Crippen molar-refractivity contribution < 1.29 is 14.3 Å². The van der Waals surface area contributed by atoms with E-state index < -0.39 is 18.0 Å². The Kier molecular flexibility index (Phi) is 6.62. The number of nitrogens with one attached hydrogen (secondary N) is 2. The van der Waals surface area contributed by atoms with Crippen molar-refractivity contribution in [2.45, 2.75) is 19.6 Å². The third-order valence-electron chi connectivity index (χ3n) is 3.76. The fourth-order valence-electron chi connectivity index (χ4n) is 2.27.